The van der Waals surface area contributed by atoms with E-state index >= 15 is 0 Å². The van der Waals surface area contributed by atoms with Crippen LogP contribution in [-0.2, 0) is 11.2 Å². The fourth-order valence-electron chi connectivity index (χ4n) is 3.05. The number of hydrogen-bond acceptors (Lipinski definition) is 2. The molecule has 116 valence electrons. The predicted molar refractivity (Wildman–Crippen MR) is 85.2 cm³/mol. The van der Waals surface area contributed by atoms with E-state index in [1.165, 1.54) is 24.0 Å². The molecule has 0 atom stereocenters. The summed E-state index contributed by atoms with van der Waals surface area (Å²) >= 11 is 0. The van der Waals surface area contributed by atoms with Gasteiger partial charge in [0.15, 0.2) is 0 Å². The highest BCUT2D eigenvalue weighted by Crippen LogP contribution is 2.26. The normalized spacial score (nSPS) is 18.0. The van der Waals surface area contributed by atoms with Crippen molar-refractivity contribution in [1.82, 2.24) is 5.32 Å². The first kappa shape index (κ1) is 16.0. The zero-order chi connectivity index (χ0) is 15.1. The number of hydrogen-bond donors (Lipinski definition) is 2. The second-order valence-corrected chi connectivity index (χ2v) is 6.34. The number of amides is 1. The Morgan fingerprint density at radius 3 is 2.52 bits per heavy atom. The minimum Gasteiger partial charge on any atom is -0.388 e. The Morgan fingerprint density at radius 1 is 1.19 bits per heavy atom. The molecule has 1 saturated carbocycles. The van der Waals surface area contributed by atoms with E-state index in [0.717, 1.165) is 32.1 Å². The Labute approximate surface area is 127 Å². The third-order valence-electron chi connectivity index (χ3n) is 4.53. The van der Waals surface area contributed by atoms with E-state index < -0.39 is 5.60 Å². The van der Waals surface area contributed by atoms with Gasteiger partial charge in [0.25, 0.3) is 0 Å². The Balaban J connectivity index is 1.75. The average molecular weight is 289 g/mol. The van der Waals surface area contributed by atoms with Crippen molar-refractivity contribution in [1.29, 1.82) is 0 Å². The minimum atomic E-state index is -0.686. The summed E-state index contributed by atoms with van der Waals surface area (Å²) in [6.07, 6.45) is 7.40. The molecule has 0 aromatic heterocycles. The molecular formula is C18H27NO2. The smallest absolute Gasteiger partial charge is 0.220 e. The number of carbonyl (C=O) groups excluding carboxylic acids is 1. The average Bonchev–Trinajstić information content (AvgIpc) is 2.70. The molecule has 1 amide bonds. The highest BCUT2D eigenvalue weighted by atomic mass is 16.3. The summed E-state index contributed by atoms with van der Waals surface area (Å²) in [5, 5.41) is 13.4. The third-order valence-corrected chi connectivity index (χ3v) is 4.53. The van der Waals surface area contributed by atoms with E-state index in [-0.39, 0.29) is 5.91 Å². The molecule has 0 aliphatic heterocycles. The topological polar surface area (TPSA) is 49.3 Å². The van der Waals surface area contributed by atoms with Gasteiger partial charge in [-0.25, -0.2) is 0 Å². The molecule has 1 aliphatic carbocycles. The Bertz CT molecular complexity index is 462. The standard InChI is InChI=1S/C18H27NO2/c1-15-8-4-5-9-16(15)10-11-17(20)19-14-18(21)12-6-2-3-7-13-18/h4-5,8-9,21H,2-3,6-7,10-14H2,1H3,(H,19,20). The highest BCUT2D eigenvalue weighted by Gasteiger charge is 2.28. The summed E-state index contributed by atoms with van der Waals surface area (Å²) < 4.78 is 0. The Hall–Kier alpha value is -1.35. The summed E-state index contributed by atoms with van der Waals surface area (Å²) in [4.78, 5) is 12.0. The van der Waals surface area contributed by atoms with Gasteiger partial charge in [0.05, 0.1) is 5.60 Å². The summed E-state index contributed by atoms with van der Waals surface area (Å²) in [6, 6.07) is 8.16. The van der Waals surface area contributed by atoms with E-state index in [1.807, 2.05) is 12.1 Å². The number of rotatable bonds is 5. The number of aryl methyl sites for hydroxylation is 2. The maximum Gasteiger partial charge on any atom is 0.220 e. The fraction of sp³-hybridized carbons (Fsp3) is 0.611. The van der Waals surface area contributed by atoms with Crippen molar-refractivity contribution < 1.29 is 9.90 Å². The van der Waals surface area contributed by atoms with Gasteiger partial charge in [-0.1, -0.05) is 49.9 Å². The molecule has 3 nitrogen and oxygen atoms in total. The number of benzene rings is 1. The van der Waals surface area contributed by atoms with Gasteiger partial charge in [0, 0.05) is 13.0 Å². The van der Waals surface area contributed by atoms with Crippen molar-refractivity contribution in [2.75, 3.05) is 6.54 Å². The van der Waals surface area contributed by atoms with Crippen LogP contribution in [0.5, 0.6) is 0 Å². The van der Waals surface area contributed by atoms with Crippen LogP contribution in [0.1, 0.15) is 56.1 Å². The van der Waals surface area contributed by atoms with Gasteiger partial charge in [0.1, 0.15) is 0 Å². The van der Waals surface area contributed by atoms with Crippen LogP contribution in [0, 0.1) is 6.92 Å². The van der Waals surface area contributed by atoms with E-state index in [1.54, 1.807) is 0 Å². The lowest BCUT2D eigenvalue weighted by Gasteiger charge is -2.26. The summed E-state index contributed by atoms with van der Waals surface area (Å²) in [7, 11) is 0. The van der Waals surface area contributed by atoms with Crippen LogP contribution in [0.3, 0.4) is 0 Å². The van der Waals surface area contributed by atoms with E-state index in [9.17, 15) is 9.90 Å². The first-order valence-electron chi connectivity index (χ1n) is 8.13. The number of nitrogens with one attached hydrogen (secondary N) is 1. The zero-order valence-corrected chi connectivity index (χ0v) is 13.0. The number of aliphatic hydroxyl groups is 1. The van der Waals surface area contributed by atoms with Crippen molar-refractivity contribution in [3.63, 3.8) is 0 Å². The molecule has 1 aromatic carbocycles. The summed E-state index contributed by atoms with van der Waals surface area (Å²) in [6.45, 7) is 2.47. The van der Waals surface area contributed by atoms with Crippen molar-refractivity contribution in [3.05, 3.63) is 35.4 Å². The fourth-order valence-corrected chi connectivity index (χ4v) is 3.05. The van der Waals surface area contributed by atoms with Crippen molar-refractivity contribution in [3.8, 4) is 0 Å². The van der Waals surface area contributed by atoms with Crippen molar-refractivity contribution >= 4 is 5.91 Å². The monoisotopic (exact) mass is 289 g/mol. The van der Waals surface area contributed by atoms with Gasteiger partial charge in [0.2, 0.25) is 5.91 Å². The molecule has 2 N–H and O–H groups in total. The van der Waals surface area contributed by atoms with Gasteiger partial charge < -0.3 is 10.4 Å². The van der Waals surface area contributed by atoms with Gasteiger partial charge >= 0.3 is 0 Å². The highest BCUT2D eigenvalue weighted by molar-refractivity contribution is 5.76. The predicted octanol–water partition coefficient (Wildman–Crippen LogP) is 3.13. The molecule has 0 heterocycles. The molecule has 3 heteroatoms. The lowest BCUT2D eigenvalue weighted by atomic mass is 9.94. The first-order valence-corrected chi connectivity index (χ1v) is 8.13. The van der Waals surface area contributed by atoms with Crippen LogP contribution in [0.15, 0.2) is 24.3 Å². The molecule has 21 heavy (non-hydrogen) atoms. The first-order chi connectivity index (χ1) is 10.1. The van der Waals surface area contributed by atoms with Gasteiger partial charge in [-0.05, 0) is 37.3 Å². The quantitative estimate of drug-likeness (QED) is 0.818. The zero-order valence-electron chi connectivity index (χ0n) is 13.0. The van der Waals surface area contributed by atoms with Crippen LogP contribution in [0.25, 0.3) is 0 Å². The molecule has 2 rings (SSSR count). The van der Waals surface area contributed by atoms with Crippen molar-refractivity contribution in [2.45, 2.75) is 63.9 Å². The third kappa shape index (κ3) is 5.16. The van der Waals surface area contributed by atoms with Crippen LogP contribution >= 0.6 is 0 Å². The minimum absolute atomic E-state index is 0.0379. The van der Waals surface area contributed by atoms with E-state index in [0.29, 0.717) is 13.0 Å². The second kappa shape index (κ2) is 7.60. The molecule has 0 spiro atoms. The van der Waals surface area contributed by atoms with Gasteiger partial charge in [-0.3, -0.25) is 4.79 Å². The summed E-state index contributed by atoms with van der Waals surface area (Å²) in [5.41, 5.74) is 1.77. The van der Waals surface area contributed by atoms with Gasteiger partial charge in [-0.15, -0.1) is 0 Å². The SMILES string of the molecule is Cc1ccccc1CCC(=O)NCC1(O)CCCCCC1. The lowest BCUT2D eigenvalue weighted by Crippen LogP contribution is -2.42. The lowest BCUT2D eigenvalue weighted by molar-refractivity contribution is -0.122. The van der Waals surface area contributed by atoms with Gasteiger partial charge in [-0.2, -0.15) is 0 Å². The maximum atomic E-state index is 12.0. The van der Waals surface area contributed by atoms with Crippen molar-refractivity contribution in [2.24, 2.45) is 0 Å². The van der Waals surface area contributed by atoms with Crippen LogP contribution in [0.4, 0.5) is 0 Å². The molecular weight excluding hydrogens is 262 g/mol. The molecule has 0 unspecified atom stereocenters. The molecule has 0 bridgehead atoms. The Morgan fingerprint density at radius 2 is 1.86 bits per heavy atom. The molecule has 1 aliphatic rings. The second-order valence-electron chi connectivity index (χ2n) is 6.34. The van der Waals surface area contributed by atoms with Crippen LogP contribution in [0.2, 0.25) is 0 Å². The summed E-state index contributed by atoms with van der Waals surface area (Å²) in [5.74, 6) is 0.0379. The molecule has 0 radical (unpaired) electrons. The maximum absolute atomic E-state index is 12.0. The van der Waals surface area contributed by atoms with E-state index in [2.05, 4.69) is 24.4 Å². The Kier molecular flexibility index (Phi) is 5.80. The molecule has 1 fully saturated rings. The van der Waals surface area contributed by atoms with E-state index in [4.69, 9.17) is 0 Å². The number of carbonyl (C=O) groups is 1. The van der Waals surface area contributed by atoms with Crippen LogP contribution in [-0.4, -0.2) is 23.2 Å². The van der Waals surface area contributed by atoms with Crippen LogP contribution < -0.4 is 5.32 Å². The largest absolute Gasteiger partial charge is 0.388 e. The molecule has 1 aromatic rings. The molecule has 0 saturated heterocycles.